The van der Waals surface area contributed by atoms with Crippen molar-refractivity contribution in [3.63, 3.8) is 0 Å². The van der Waals surface area contributed by atoms with E-state index in [1.165, 1.54) is 23.3 Å². The molecule has 0 aliphatic carbocycles. The Morgan fingerprint density at radius 2 is 1.92 bits per heavy atom. The molecule has 0 saturated carbocycles. The van der Waals surface area contributed by atoms with E-state index < -0.39 is 0 Å². The molecule has 8 nitrogen and oxygen atoms in total. The highest BCUT2D eigenvalue weighted by Crippen LogP contribution is 2.38. The van der Waals surface area contributed by atoms with Crippen molar-refractivity contribution in [2.75, 3.05) is 13.1 Å². The largest absolute Gasteiger partial charge is 0.343 e. The number of hydrogen-bond donors (Lipinski definition) is 0. The summed E-state index contributed by atoms with van der Waals surface area (Å²) in [6.07, 6.45) is 2.79. The fourth-order valence-electron chi connectivity index (χ4n) is 3.38. The van der Waals surface area contributed by atoms with Crippen molar-refractivity contribution in [1.82, 2.24) is 24.8 Å². The van der Waals surface area contributed by atoms with Crippen LogP contribution in [-0.2, 0) is 11.3 Å². The minimum Gasteiger partial charge on any atom is -0.343 e. The third kappa shape index (κ3) is 3.13. The Balaban J connectivity index is 1.58. The summed E-state index contributed by atoms with van der Waals surface area (Å²) in [5, 5.41) is 7.93. The maximum Gasteiger partial charge on any atom is 0.267 e. The normalized spacial score (nSPS) is 19.6. The van der Waals surface area contributed by atoms with Crippen LogP contribution in [0.15, 0.2) is 64.4 Å². The Bertz CT molecular complexity index is 939. The van der Waals surface area contributed by atoms with Crippen molar-refractivity contribution < 1.29 is 9.32 Å². The Morgan fingerprint density at radius 1 is 1.12 bits per heavy atom. The average molecular weight is 351 g/mol. The van der Waals surface area contributed by atoms with Crippen molar-refractivity contribution in [1.29, 1.82) is 0 Å². The molecule has 2 atom stereocenters. The molecular weight excluding hydrogens is 334 g/mol. The molecule has 1 aliphatic heterocycles. The molecule has 0 unspecified atom stereocenters. The summed E-state index contributed by atoms with van der Waals surface area (Å²) in [7, 11) is 0. The summed E-state index contributed by atoms with van der Waals surface area (Å²) in [5.41, 5.74) is 0.821. The van der Waals surface area contributed by atoms with Crippen molar-refractivity contribution in [2.24, 2.45) is 0 Å². The Labute approximate surface area is 149 Å². The van der Waals surface area contributed by atoms with Gasteiger partial charge in [-0.3, -0.25) is 9.59 Å². The van der Waals surface area contributed by atoms with Gasteiger partial charge in [-0.15, -0.1) is 0 Å². The third-order valence-corrected chi connectivity index (χ3v) is 4.68. The minimum atomic E-state index is -0.297. The first kappa shape index (κ1) is 16.2. The van der Waals surface area contributed by atoms with E-state index in [2.05, 4.69) is 15.2 Å². The van der Waals surface area contributed by atoms with Crippen LogP contribution in [-0.4, -0.2) is 43.8 Å². The number of hydrogen-bond acceptors (Lipinski definition) is 6. The maximum absolute atomic E-state index is 12.7. The number of aromatic nitrogens is 4. The zero-order valence-electron chi connectivity index (χ0n) is 13.9. The van der Waals surface area contributed by atoms with Crippen LogP contribution in [0, 0.1) is 0 Å². The highest BCUT2D eigenvalue weighted by Gasteiger charge is 2.39. The molecule has 8 heteroatoms. The van der Waals surface area contributed by atoms with E-state index in [4.69, 9.17) is 4.52 Å². The molecule has 1 saturated heterocycles. The second-order valence-electron chi connectivity index (χ2n) is 6.23. The zero-order valence-corrected chi connectivity index (χ0v) is 13.9. The number of benzene rings is 1. The van der Waals surface area contributed by atoms with Crippen LogP contribution in [0.4, 0.5) is 0 Å². The molecule has 4 rings (SSSR count). The fraction of sp³-hybridized carbons (Fsp3) is 0.278. The van der Waals surface area contributed by atoms with E-state index >= 15 is 0 Å². The second kappa shape index (κ2) is 6.91. The molecule has 2 aromatic heterocycles. The number of likely N-dealkylation sites (tertiary alicyclic amines) is 1. The molecule has 0 spiro atoms. The van der Waals surface area contributed by atoms with Gasteiger partial charge in [0.05, 0.1) is 0 Å². The zero-order chi connectivity index (χ0) is 17.9. The molecule has 1 aromatic carbocycles. The predicted molar refractivity (Wildman–Crippen MR) is 91.3 cm³/mol. The van der Waals surface area contributed by atoms with Gasteiger partial charge in [0.2, 0.25) is 12.3 Å². The molecule has 1 amide bonds. The summed E-state index contributed by atoms with van der Waals surface area (Å²) in [6, 6.07) is 12.9. The van der Waals surface area contributed by atoms with E-state index in [-0.39, 0.29) is 29.8 Å². The average Bonchev–Trinajstić information content (AvgIpc) is 3.34. The van der Waals surface area contributed by atoms with Gasteiger partial charge in [-0.1, -0.05) is 35.5 Å². The maximum atomic E-state index is 12.7. The van der Waals surface area contributed by atoms with Gasteiger partial charge in [0, 0.05) is 37.2 Å². The van der Waals surface area contributed by atoms with Crippen LogP contribution in [0.3, 0.4) is 0 Å². The first-order chi connectivity index (χ1) is 12.7. The minimum absolute atomic E-state index is 0.0550. The molecule has 3 heterocycles. The van der Waals surface area contributed by atoms with Crippen LogP contribution >= 0.6 is 0 Å². The van der Waals surface area contributed by atoms with E-state index in [1.54, 1.807) is 11.0 Å². The van der Waals surface area contributed by atoms with E-state index in [1.807, 2.05) is 30.3 Å². The number of nitrogens with zero attached hydrogens (tertiary/aromatic N) is 5. The second-order valence-corrected chi connectivity index (χ2v) is 6.23. The lowest BCUT2D eigenvalue weighted by molar-refractivity contribution is -0.131. The first-order valence-corrected chi connectivity index (χ1v) is 8.33. The Morgan fingerprint density at radius 3 is 2.65 bits per heavy atom. The van der Waals surface area contributed by atoms with Crippen molar-refractivity contribution in [3.8, 4) is 0 Å². The highest BCUT2D eigenvalue weighted by molar-refractivity contribution is 5.76. The summed E-state index contributed by atoms with van der Waals surface area (Å²) in [4.78, 5) is 30.4. The highest BCUT2D eigenvalue weighted by atomic mass is 16.5. The third-order valence-electron chi connectivity index (χ3n) is 4.68. The Hall–Kier alpha value is -3.29. The van der Waals surface area contributed by atoms with Gasteiger partial charge in [-0.25, -0.2) is 4.68 Å². The van der Waals surface area contributed by atoms with Gasteiger partial charge >= 0.3 is 0 Å². The summed E-state index contributed by atoms with van der Waals surface area (Å²) < 4.78 is 6.07. The van der Waals surface area contributed by atoms with Crippen molar-refractivity contribution >= 4 is 5.91 Å². The Kier molecular flexibility index (Phi) is 4.30. The molecule has 132 valence electrons. The quantitative estimate of drug-likeness (QED) is 0.697. The summed E-state index contributed by atoms with van der Waals surface area (Å²) in [6.45, 7) is 0.920. The molecule has 1 fully saturated rings. The predicted octanol–water partition coefficient (Wildman–Crippen LogP) is 1.04. The van der Waals surface area contributed by atoms with Gasteiger partial charge in [0.15, 0.2) is 5.82 Å². The number of rotatable bonds is 4. The molecule has 0 bridgehead atoms. The van der Waals surface area contributed by atoms with Gasteiger partial charge in [0.25, 0.3) is 5.56 Å². The lowest BCUT2D eigenvalue weighted by atomic mass is 9.88. The van der Waals surface area contributed by atoms with Crippen LogP contribution in [0.25, 0.3) is 0 Å². The molecule has 3 aromatic rings. The van der Waals surface area contributed by atoms with E-state index in [0.717, 1.165) is 5.56 Å². The van der Waals surface area contributed by atoms with Gasteiger partial charge in [-0.05, 0) is 11.6 Å². The number of amides is 1. The molecular formula is C18H17N5O3. The van der Waals surface area contributed by atoms with Crippen LogP contribution in [0.2, 0.25) is 0 Å². The topological polar surface area (TPSA) is 94.1 Å². The smallest absolute Gasteiger partial charge is 0.267 e. The SMILES string of the molecule is O=C(Cn1ncccc1=O)N1C[C@H](c2ccccc2)[C@@H](c2ncon2)C1. The first-order valence-electron chi connectivity index (χ1n) is 8.33. The van der Waals surface area contributed by atoms with Crippen molar-refractivity contribution in [3.05, 3.63) is 76.8 Å². The lowest BCUT2D eigenvalue weighted by Gasteiger charge is -2.16. The fourth-order valence-corrected chi connectivity index (χ4v) is 3.38. The molecule has 1 aliphatic rings. The molecule has 0 radical (unpaired) electrons. The standard InChI is InChI=1S/C18H17N5O3/c24-16-7-4-8-20-23(16)11-17(25)22-9-14(13-5-2-1-3-6-13)15(10-22)18-19-12-26-21-18/h1-8,12,14-15H,9-11H2/t14-,15+/m1/s1. The van der Waals surface area contributed by atoms with Crippen LogP contribution < -0.4 is 5.56 Å². The van der Waals surface area contributed by atoms with E-state index in [9.17, 15) is 9.59 Å². The van der Waals surface area contributed by atoms with Gasteiger partial charge in [0.1, 0.15) is 6.54 Å². The number of carbonyl (C=O) groups is 1. The number of carbonyl (C=O) groups excluding carboxylic acids is 1. The van der Waals surface area contributed by atoms with Crippen molar-refractivity contribution in [2.45, 2.75) is 18.4 Å². The molecule has 26 heavy (non-hydrogen) atoms. The van der Waals surface area contributed by atoms with Crippen LogP contribution in [0.5, 0.6) is 0 Å². The summed E-state index contributed by atoms with van der Waals surface area (Å²) >= 11 is 0. The van der Waals surface area contributed by atoms with Gasteiger partial charge in [-0.2, -0.15) is 10.1 Å². The summed E-state index contributed by atoms with van der Waals surface area (Å²) in [5.74, 6) is 0.445. The van der Waals surface area contributed by atoms with E-state index in [0.29, 0.717) is 18.9 Å². The molecule has 0 N–H and O–H groups in total. The van der Waals surface area contributed by atoms with Gasteiger partial charge < -0.3 is 9.42 Å². The lowest BCUT2D eigenvalue weighted by Crippen LogP contribution is -2.35. The monoisotopic (exact) mass is 351 g/mol. The van der Waals surface area contributed by atoms with Crippen LogP contribution in [0.1, 0.15) is 23.2 Å².